The van der Waals surface area contributed by atoms with Crippen LogP contribution in [-0.4, -0.2) is 43.5 Å². The van der Waals surface area contributed by atoms with Crippen LogP contribution in [0.5, 0.6) is 0 Å². The molecule has 0 N–H and O–H groups in total. The lowest BCUT2D eigenvalue weighted by Crippen LogP contribution is -2.26. The van der Waals surface area contributed by atoms with Crippen LogP contribution < -0.4 is 4.90 Å². The van der Waals surface area contributed by atoms with E-state index in [9.17, 15) is 4.79 Å². The number of benzene rings is 1. The predicted molar refractivity (Wildman–Crippen MR) is 92.5 cm³/mol. The Hall–Kier alpha value is -2.90. The molecule has 8 heteroatoms. The van der Waals surface area contributed by atoms with Gasteiger partial charge in [-0.1, -0.05) is 5.21 Å². The molecule has 0 spiro atoms. The summed E-state index contributed by atoms with van der Waals surface area (Å²) in [6, 6.07) is 6.20. The Morgan fingerprint density at radius 2 is 2.20 bits per heavy atom. The van der Waals surface area contributed by atoms with Crippen molar-refractivity contribution in [2.75, 3.05) is 11.4 Å². The van der Waals surface area contributed by atoms with Gasteiger partial charge in [0.05, 0.1) is 30.5 Å². The fraction of sp³-hybridized carbons (Fsp3) is 0.412. The Kier molecular flexibility index (Phi) is 3.67. The number of aromatic nitrogens is 5. The number of hydrogen-bond acceptors (Lipinski definition) is 5. The van der Waals surface area contributed by atoms with Crippen molar-refractivity contribution >= 4 is 22.7 Å². The Labute approximate surface area is 145 Å². The van der Waals surface area contributed by atoms with Crippen molar-refractivity contribution in [2.45, 2.75) is 39.5 Å². The van der Waals surface area contributed by atoms with E-state index in [0.717, 1.165) is 22.3 Å². The summed E-state index contributed by atoms with van der Waals surface area (Å²) >= 11 is 0. The molecule has 1 fully saturated rings. The lowest BCUT2D eigenvalue weighted by atomic mass is 10.2. The van der Waals surface area contributed by atoms with Gasteiger partial charge in [0.2, 0.25) is 0 Å². The van der Waals surface area contributed by atoms with E-state index in [1.807, 2.05) is 42.2 Å². The van der Waals surface area contributed by atoms with Gasteiger partial charge < -0.3 is 4.74 Å². The average molecular weight is 340 g/mol. The number of anilines is 1. The lowest BCUT2D eigenvalue weighted by molar-refractivity contribution is 0.129. The van der Waals surface area contributed by atoms with Crippen molar-refractivity contribution in [2.24, 2.45) is 0 Å². The molecule has 8 nitrogen and oxygen atoms in total. The second kappa shape index (κ2) is 5.87. The molecule has 130 valence electrons. The van der Waals surface area contributed by atoms with Gasteiger partial charge in [-0.3, -0.25) is 9.58 Å². The minimum atomic E-state index is -0.336. The topological polar surface area (TPSA) is 78.1 Å². The third kappa shape index (κ3) is 2.84. The third-order valence-corrected chi connectivity index (χ3v) is 4.30. The first-order valence-electron chi connectivity index (χ1n) is 8.33. The van der Waals surface area contributed by atoms with Crippen LogP contribution in [0.2, 0.25) is 0 Å². The van der Waals surface area contributed by atoms with E-state index in [4.69, 9.17) is 4.74 Å². The molecular formula is C17H20N6O2. The maximum Gasteiger partial charge on any atom is 0.414 e. The normalized spacial score (nSPS) is 17.7. The van der Waals surface area contributed by atoms with E-state index < -0.39 is 0 Å². The van der Waals surface area contributed by atoms with Crippen molar-refractivity contribution < 1.29 is 9.53 Å². The highest BCUT2D eigenvalue weighted by Crippen LogP contribution is 2.27. The minimum Gasteiger partial charge on any atom is -0.442 e. The highest BCUT2D eigenvalue weighted by molar-refractivity contribution is 5.93. The first-order chi connectivity index (χ1) is 12.0. The van der Waals surface area contributed by atoms with Crippen LogP contribution >= 0.6 is 0 Å². The number of aryl methyl sites for hydroxylation is 1. The lowest BCUT2D eigenvalue weighted by Gasteiger charge is -2.14. The Balaban J connectivity index is 1.55. The zero-order valence-corrected chi connectivity index (χ0v) is 14.5. The van der Waals surface area contributed by atoms with Gasteiger partial charge in [0.15, 0.2) is 0 Å². The molecule has 1 aliphatic rings. The number of nitrogens with zero attached hydrogens (tertiary/aromatic N) is 6. The molecule has 0 unspecified atom stereocenters. The summed E-state index contributed by atoms with van der Waals surface area (Å²) in [5, 5.41) is 13.4. The second-order valence-electron chi connectivity index (χ2n) is 6.62. The van der Waals surface area contributed by atoms with Crippen molar-refractivity contribution in [3.8, 4) is 0 Å². The average Bonchev–Trinajstić information content (AvgIpc) is 3.25. The van der Waals surface area contributed by atoms with Crippen LogP contribution in [0.3, 0.4) is 0 Å². The SMILES string of the molecule is Cc1cn(C[C@H]2CN(c3ccc4c(cnn4C(C)C)c3)C(=O)O2)nn1. The number of carbonyl (C=O) groups is 1. The summed E-state index contributed by atoms with van der Waals surface area (Å²) in [6.07, 6.45) is 3.08. The van der Waals surface area contributed by atoms with E-state index in [0.29, 0.717) is 13.1 Å². The minimum absolute atomic E-state index is 0.248. The highest BCUT2D eigenvalue weighted by Gasteiger charge is 2.33. The van der Waals surface area contributed by atoms with Crippen LogP contribution in [-0.2, 0) is 11.3 Å². The fourth-order valence-corrected chi connectivity index (χ4v) is 3.14. The molecule has 0 saturated carbocycles. The molecule has 0 radical (unpaired) electrons. The fourth-order valence-electron chi connectivity index (χ4n) is 3.14. The second-order valence-corrected chi connectivity index (χ2v) is 6.62. The summed E-state index contributed by atoms with van der Waals surface area (Å²) in [5.41, 5.74) is 2.72. The van der Waals surface area contributed by atoms with Gasteiger partial charge in [0.25, 0.3) is 0 Å². The largest absolute Gasteiger partial charge is 0.442 e. The molecule has 2 aromatic heterocycles. The molecule has 0 aliphatic carbocycles. The maximum atomic E-state index is 12.3. The number of hydrogen-bond donors (Lipinski definition) is 0. The van der Waals surface area contributed by atoms with E-state index in [-0.39, 0.29) is 18.2 Å². The summed E-state index contributed by atoms with van der Waals surface area (Å²) in [5.74, 6) is 0. The number of amides is 1. The monoisotopic (exact) mass is 340 g/mol. The number of carbonyl (C=O) groups excluding carboxylic acids is 1. The standard InChI is InChI=1S/C17H20N6O2/c1-11(2)23-16-5-4-14(6-13(16)7-18-23)22-10-15(25-17(22)24)9-21-8-12(3)19-20-21/h4-8,11,15H,9-10H2,1-3H3/t15-/m0/s1. The van der Waals surface area contributed by atoms with E-state index in [1.165, 1.54) is 0 Å². The molecule has 4 rings (SSSR count). The predicted octanol–water partition coefficient (Wildman–Crippen LogP) is 2.54. The van der Waals surface area contributed by atoms with Crippen molar-refractivity contribution in [1.82, 2.24) is 24.8 Å². The van der Waals surface area contributed by atoms with Crippen LogP contribution in [0, 0.1) is 6.92 Å². The van der Waals surface area contributed by atoms with E-state index in [1.54, 1.807) is 9.58 Å². The van der Waals surface area contributed by atoms with Gasteiger partial charge in [0.1, 0.15) is 6.10 Å². The summed E-state index contributed by atoms with van der Waals surface area (Å²) in [7, 11) is 0. The van der Waals surface area contributed by atoms with Gasteiger partial charge in [-0.15, -0.1) is 5.10 Å². The van der Waals surface area contributed by atoms with Crippen LogP contribution in [0.1, 0.15) is 25.6 Å². The molecule has 1 aliphatic heterocycles. The van der Waals surface area contributed by atoms with Crippen LogP contribution in [0.25, 0.3) is 10.9 Å². The molecule has 0 bridgehead atoms. The number of fused-ring (bicyclic) bond motifs is 1. The molecule has 1 aromatic carbocycles. The molecule has 1 atom stereocenters. The van der Waals surface area contributed by atoms with Crippen molar-refractivity contribution in [3.63, 3.8) is 0 Å². The zero-order chi connectivity index (χ0) is 17.6. The molecule has 3 heterocycles. The van der Waals surface area contributed by atoms with E-state index in [2.05, 4.69) is 29.3 Å². The van der Waals surface area contributed by atoms with Crippen LogP contribution in [0.4, 0.5) is 10.5 Å². The van der Waals surface area contributed by atoms with Gasteiger partial charge in [-0.25, -0.2) is 9.48 Å². The van der Waals surface area contributed by atoms with Gasteiger partial charge in [0, 0.05) is 23.3 Å². The smallest absolute Gasteiger partial charge is 0.414 e. The number of rotatable bonds is 4. The Morgan fingerprint density at radius 3 is 2.92 bits per heavy atom. The Bertz CT molecular complexity index is 928. The summed E-state index contributed by atoms with van der Waals surface area (Å²) in [6.45, 7) is 7.05. The molecule has 25 heavy (non-hydrogen) atoms. The molecule has 3 aromatic rings. The van der Waals surface area contributed by atoms with Crippen molar-refractivity contribution in [3.05, 3.63) is 36.3 Å². The highest BCUT2D eigenvalue weighted by atomic mass is 16.6. The number of cyclic esters (lactones) is 1. The summed E-state index contributed by atoms with van der Waals surface area (Å²) in [4.78, 5) is 13.9. The van der Waals surface area contributed by atoms with Gasteiger partial charge in [-0.2, -0.15) is 5.10 Å². The summed E-state index contributed by atoms with van der Waals surface area (Å²) < 4.78 is 9.15. The Morgan fingerprint density at radius 1 is 1.36 bits per heavy atom. The van der Waals surface area contributed by atoms with E-state index >= 15 is 0 Å². The van der Waals surface area contributed by atoms with Crippen LogP contribution in [0.15, 0.2) is 30.6 Å². The van der Waals surface area contributed by atoms with Gasteiger partial charge in [-0.05, 0) is 39.0 Å². The maximum absolute atomic E-state index is 12.3. The molecule has 1 saturated heterocycles. The first kappa shape index (κ1) is 15.6. The first-order valence-corrected chi connectivity index (χ1v) is 8.33. The van der Waals surface area contributed by atoms with Crippen molar-refractivity contribution in [1.29, 1.82) is 0 Å². The quantitative estimate of drug-likeness (QED) is 0.729. The zero-order valence-electron chi connectivity index (χ0n) is 14.5. The van der Waals surface area contributed by atoms with Gasteiger partial charge >= 0.3 is 6.09 Å². The third-order valence-electron chi connectivity index (χ3n) is 4.30. The molecular weight excluding hydrogens is 320 g/mol. The number of ether oxygens (including phenoxy) is 1. The molecule has 1 amide bonds.